The average Bonchev–Trinajstić information content (AvgIpc) is 3.35. The third-order valence-corrected chi connectivity index (χ3v) is 7.39. The van der Waals surface area contributed by atoms with Crippen molar-refractivity contribution in [3.8, 4) is 22.9 Å². The van der Waals surface area contributed by atoms with Crippen LogP contribution in [0.15, 0.2) is 60.9 Å². The molecule has 0 bridgehead atoms. The van der Waals surface area contributed by atoms with Gasteiger partial charge in [0.05, 0.1) is 43.3 Å². The molecule has 0 radical (unpaired) electrons. The van der Waals surface area contributed by atoms with Crippen LogP contribution in [0, 0.1) is 5.82 Å². The van der Waals surface area contributed by atoms with Crippen LogP contribution in [0.2, 0.25) is 5.02 Å². The predicted octanol–water partition coefficient (Wildman–Crippen LogP) is 4.68. The Bertz CT molecular complexity index is 1710. The molecule has 228 valence electrons. The van der Waals surface area contributed by atoms with Crippen molar-refractivity contribution < 1.29 is 28.6 Å². The van der Waals surface area contributed by atoms with Crippen molar-refractivity contribution in [2.24, 2.45) is 0 Å². The number of anilines is 2. The minimum atomic E-state index is -0.900. The van der Waals surface area contributed by atoms with E-state index in [2.05, 4.69) is 25.6 Å². The third kappa shape index (κ3) is 6.56. The number of aromatic nitrogens is 3. The number of amides is 2. The smallest absolute Gasteiger partial charge is 0.255 e. The maximum Gasteiger partial charge on any atom is 0.255 e. The molecule has 2 unspecified atom stereocenters. The van der Waals surface area contributed by atoms with Gasteiger partial charge in [-0.3, -0.25) is 9.59 Å². The van der Waals surface area contributed by atoms with Gasteiger partial charge in [-0.05, 0) is 49.2 Å². The molecule has 0 saturated carbocycles. The molecule has 0 saturated heterocycles. The summed E-state index contributed by atoms with van der Waals surface area (Å²) in [6.45, 7) is 3.42. The number of rotatable bonds is 11. The van der Waals surface area contributed by atoms with Crippen LogP contribution in [0.5, 0.6) is 11.6 Å². The number of pyridine rings is 1. The highest BCUT2D eigenvalue weighted by Crippen LogP contribution is 2.33. The van der Waals surface area contributed by atoms with E-state index in [0.29, 0.717) is 40.6 Å². The quantitative estimate of drug-likeness (QED) is 0.218. The number of carbonyl (C=O) groups excluding carboxylic acids is 2. The maximum absolute atomic E-state index is 14.2. The Morgan fingerprint density at radius 3 is 2.75 bits per heavy atom. The second kappa shape index (κ2) is 13.2. The number of ether oxygens (including phenoxy) is 2. The fourth-order valence-corrected chi connectivity index (χ4v) is 5.05. The number of hydrogen-bond donors (Lipinski definition) is 3. The molecule has 5 rings (SSSR count). The van der Waals surface area contributed by atoms with E-state index in [9.17, 15) is 19.1 Å². The number of benzene rings is 2. The molecule has 2 aromatic carbocycles. The van der Waals surface area contributed by atoms with Gasteiger partial charge in [0.1, 0.15) is 17.6 Å². The predicted molar refractivity (Wildman–Crippen MR) is 161 cm³/mol. The van der Waals surface area contributed by atoms with Gasteiger partial charge in [0.25, 0.3) is 5.91 Å². The van der Waals surface area contributed by atoms with Crippen LogP contribution in [0.3, 0.4) is 0 Å². The summed E-state index contributed by atoms with van der Waals surface area (Å²) in [5.74, 6) is -0.422. The first-order valence-electron chi connectivity index (χ1n) is 13.8. The molecule has 1 aliphatic heterocycles. The van der Waals surface area contributed by atoms with Crippen LogP contribution in [0.4, 0.5) is 16.0 Å². The van der Waals surface area contributed by atoms with Crippen molar-refractivity contribution in [2.45, 2.75) is 32.5 Å². The number of carbonyl (C=O) groups is 2. The number of aliphatic hydroxyl groups is 1. The summed E-state index contributed by atoms with van der Waals surface area (Å²) in [6.07, 6.45) is 3.05. The van der Waals surface area contributed by atoms with E-state index in [-0.39, 0.29) is 29.2 Å². The van der Waals surface area contributed by atoms with Crippen LogP contribution < -0.4 is 20.1 Å². The largest absolute Gasteiger partial charge is 0.494 e. The standard InChI is InChI=1S/C31H30ClFN6O5/c1-4-44-23-10-20(9-21(33)12-23)26(16-40)37-29(41)17(2)39-15-19-6-5-18(11-24(19)30(39)42)28-25(32)14-35-31(38-28)36-22-7-8-34-27(13-22)43-3/h5-14,17,26,40H,4,15-16H2,1-3H3,(H,37,41)(H,34,35,36,38). The first kappa shape index (κ1) is 30.6. The van der Waals surface area contributed by atoms with Gasteiger partial charge in [0.15, 0.2) is 0 Å². The lowest BCUT2D eigenvalue weighted by atomic mass is 10.0. The molecule has 3 heterocycles. The van der Waals surface area contributed by atoms with E-state index in [1.807, 2.05) is 0 Å². The second-order valence-electron chi connectivity index (χ2n) is 9.98. The highest BCUT2D eigenvalue weighted by atomic mass is 35.5. The minimum absolute atomic E-state index is 0.204. The fourth-order valence-electron chi connectivity index (χ4n) is 4.85. The monoisotopic (exact) mass is 620 g/mol. The number of nitrogens with zero attached hydrogens (tertiary/aromatic N) is 4. The SMILES string of the molecule is CCOc1cc(F)cc(C(CO)NC(=O)C(C)N2Cc3ccc(-c4nc(Nc5ccnc(OC)c5)ncc4Cl)cc3C2=O)c1. The van der Waals surface area contributed by atoms with Gasteiger partial charge in [-0.1, -0.05) is 23.7 Å². The summed E-state index contributed by atoms with van der Waals surface area (Å²) < 4.78 is 24.7. The molecule has 0 aliphatic carbocycles. The lowest BCUT2D eigenvalue weighted by Crippen LogP contribution is -2.46. The number of hydrogen-bond acceptors (Lipinski definition) is 9. The van der Waals surface area contributed by atoms with Crippen LogP contribution in [-0.2, 0) is 11.3 Å². The molecule has 4 aromatic rings. The Balaban J connectivity index is 1.32. The summed E-state index contributed by atoms with van der Waals surface area (Å²) in [5.41, 5.74) is 3.16. The first-order valence-corrected chi connectivity index (χ1v) is 14.2. The van der Waals surface area contributed by atoms with Gasteiger partial charge >= 0.3 is 0 Å². The summed E-state index contributed by atoms with van der Waals surface area (Å²) in [7, 11) is 1.52. The molecule has 0 spiro atoms. The lowest BCUT2D eigenvalue weighted by molar-refractivity contribution is -0.126. The summed E-state index contributed by atoms with van der Waals surface area (Å²) in [6, 6.07) is 10.9. The maximum atomic E-state index is 14.2. The zero-order valence-electron chi connectivity index (χ0n) is 24.2. The van der Waals surface area contributed by atoms with Crippen LogP contribution in [0.25, 0.3) is 11.3 Å². The van der Waals surface area contributed by atoms with Gasteiger partial charge in [-0.15, -0.1) is 0 Å². The summed E-state index contributed by atoms with van der Waals surface area (Å²) in [4.78, 5) is 41.0. The first-order chi connectivity index (χ1) is 21.2. The van der Waals surface area contributed by atoms with E-state index < -0.39 is 30.4 Å². The van der Waals surface area contributed by atoms with Gasteiger partial charge in [0.2, 0.25) is 17.7 Å². The topological polar surface area (TPSA) is 139 Å². The molecular formula is C31H30ClFN6O5. The van der Waals surface area contributed by atoms with Crippen molar-refractivity contribution in [3.05, 3.63) is 88.5 Å². The molecule has 0 fully saturated rings. The molecule has 1 aliphatic rings. The van der Waals surface area contributed by atoms with Crippen LogP contribution in [0.1, 0.15) is 41.4 Å². The summed E-state index contributed by atoms with van der Waals surface area (Å²) in [5, 5.41) is 16.1. The normalized spacial score (nSPS) is 13.7. The van der Waals surface area contributed by atoms with Gasteiger partial charge in [-0.25, -0.2) is 19.3 Å². The molecule has 11 nitrogen and oxygen atoms in total. The zero-order valence-corrected chi connectivity index (χ0v) is 24.9. The Morgan fingerprint density at radius 2 is 2.00 bits per heavy atom. The van der Waals surface area contributed by atoms with E-state index >= 15 is 0 Å². The number of nitrogens with one attached hydrogen (secondary N) is 2. The fraction of sp³-hybridized carbons (Fsp3) is 0.258. The van der Waals surface area contributed by atoms with E-state index in [4.69, 9.17) is 21.1 Å². The van der Waals surface area contributed by atoms with E-state index in [1.54, 1.807) is 56.4 Å². The highest BCUT2D eigenvalue weighted by molar-refractivity contribution is 6.33. The number of aliphatic hydroxyl groups excluding tert-OH is 1. The Labute approximate surface area is 258 Å². The lowest BCUT2D eigenvalue weighted by Gasteiger charge is -2.26. The van der Waals surface area contributed by atoms with Crippen LogP contribution in [-0.4, -0.2) is 63.1 Å². The Hall–Kier alpha value is -4.81. The molecule has 2 amide bonds. The number of halogens is 2. The van der Waals surface area contributed by atoms with E-state index in [0.717, 1.165) is 5.56 Å². The highest BCUT2D eigenvalue weighted by Gasteiger charge is 2.35. The number of fused-ring (bicyclic) bond motifs is 1. The van der Waals surface area contributed by atoms with Crippen molar-refractivity contribution in [3.63, 3.8) is 0 Å². The van der Waals surface area contributed by atoms with Gasteiger partial charge < -0.3 is 30.1 Å². The molecule has 2 aromatic heterocycles. The number of methoxy groups -OCH3 is 1. The molecule has 13 heteroatoms. The zero-order chi connectivity index (χ0) is 31.4. The van der Waals surface area contributed by atoms with Gasteiger partial charge in [-0.2, -0.15) is 0 Å². The summed E-state index contributed by atoms with van der Waals surface area (Å²) >= 11 is 6.46. The van der Waals surface area contributed by atoms with Gasteiger partial charge in [0, 0.05) is 41.7 Å². The molecule has 2 atom stereocenters. The third-order valence-electron chi connectivity index (χ3n) is 7.11. The van der Waals surface area contributed by atoms with Crippen molar-refractivity contribution in [1.29, 1.82) is 0 Å². The molecule has 44 heavy (non-hydrogen) atoms. The second-order valence-corrected chi connectivity index (χ2v) is 10.4. The molecular weight excluding hydrogens is 591 g/mol. The average molecular weight is 621 g/mol. The Kier molecular flexibility index (Phi) is 9.21. The van der Waals surface area contributed by atoms with Crippen molar-refractivity contribution >= 4 is 35.1 Å². The van der Waals surface area contributed by atoms with Crippen LogP contribution >= 0.6 is 11.6 Å². The van der Waals surface area contributed by atoms with Crippen molar-refractivity contribution in [2.75, 3.05) is 25.6 Å². The molecule has 3 N–H and O–H groups in total. The van der Waals surface area contributed by atoms with Crippen molar-refractivity contribution in [1.82, 2.24) is 25.2 Å². The minimum Gasteiger partial charge on any atom is -0.494 e. The van der Waals surface area contributed by atoms with E-state index in [1.165, 1.54) is 30.3 Å². The Morgan fingerprint density at radius 1 is 1.18 bits per heavy atom.